The number of benzene rings is 3. The molecule has 8 heteroatoms. The Morgan fingerprint density at radius 2 is 1.77 bits per heavy atom. The Hall–Kier alpha value is -3.91. The lowest BCUT2D eigenvalue weighted by molar-refractivity contribution is 0.174. The molecular formula is C27H24FN3O3S. The number of nitrogens with zero attached hydrogens (tertiary/aromatic N) is 1. The first-order chi connectivity index (χ1) is 17.0. The Morgan fingerprint density at radius 3 is 2.51 bits per heavy atom. The van der Waals surface area contributed by atoms with Gasteiger partial charge in [0.25, 0.3) is 5.56 Å². The zero-order chi connectivity index (χ0) is 24.4. The highest BCUT2D eigenvalue weighted by molar-refractivity contribution is 7.80. The number of H-pyrrole nitrogens is 1. The van der Waals surface area contributed by atoms with Gasteiger partial charge in [-0.1, -0.05) is 42.5 Å². The van der Waals surface area contributed by atoms with Gasteiger partial charge in [-0.3, -0.25) is 4.79 Å². The minimum atomic E-state index is -0.302. The lowest BCUT2D eigenvalue weighted by Gasteiger charge is -2.28. The monoisotopic (exact) mass is 489 g/mol. The zero-order valence-corrected chi connectivity index (χ0v) is 19.9. The second-order valence-corrected chi connectivity index (χ2v) is 8.87. The summed E-state index contributed by atoms with van der Waals surface area (Å²) in [6.45, 7) is 2.87. The molecule has 5 rings (SSSR count). The predicted octanol–water partition coefficient (Wildman–Crippen LogP) is 5.03. The molecule has 0 spiro atoms. The lowest BCUT2D eigenvalue weighted by atomic mass is 10.1. The van der Waals surface area contributed by atoms with E-state index in [1.807, 2.05) is 54.3 Å². The minimum absolute atomic E-state index is 0.0333. The standard InChI is InChI=1S/C27H24FN3O3S/c1-17(19-5-3-2-4-6-19)29-27(35)31(14-18-7-9-22(28)10-8-18)15-21-11-20-12-24-25(34-16-33-24)13-23(20)30-26(21)32/h2-13,17H,14-16H2,1H3,(H,29,35)(H,30,32)/t17-/m1/s1. The molecule has 178 valence electrons. The van der Waals surface area contributed by atoms with Gasteiger partial charge in [0.1, 0.15) is 5.82 Å². The highest BCUT2D eigenvalue weighted by atomic mass is 32.1. The molecular weight excluding hydrogens is 465 g/mol. The Bertz CT molecular complexity index is 1420. The number of fused-ring (bicyclic) bond motifs is 2. The molecule has 0 radical (unpaired) electrons. The molecule has 2 heterocycles. The second-order valence-electron chi connectivity index (χ2n) is 8.48. The van der Waals surface area contributed by atoms with Crippen LogP contribution in [0.25, 0.3) is 10.9 Å². The van der Waals surface area contributed by atoms with Gasteiger partial charge in [0.15, 0.2) is 16.6 Å². The Morgan fingerprint density at radius 1 is 1.06 bits per heavy atom. The number of hydrogen-bond donors (Lipinski definition) is 2. The fourth-order valence-electron chi connectivity index (χ4n) is 4.08. The quantitative estimate of drug-likeness (QED) is 0.370. The molecule has 2 N–H and O–H groups in total. The number of aromatic nitrogens is 1. The molecule has 0 saturated carbocycles. The van der Waals surface area contributed by atoms with Crippen molar-refractivity contribution in [2.45, 2.75) is 26.1 Å². The molecule has 1 aliphatic rings. The lowest BCUT2D eigenvalue weighted by Crippen LogP contribution is -2.41. The molecule has 3 aromatic carbocycles. The molecule has 0 unspecified atom stereocenters. The van der Waals surface area contributed by atoms with Gasteiger partial charge < -0.3 is 24.7 Å². The number of halogens is 1. The van der Waals surface area contributed by atoms with Crippen LogP contribution < -0.4 is 20.3 Å². The van der Waals surface area contributed by atoms with Crippen LogP contribution in [0.15, 0.2) is 77.6 Å². The van der Waals surface area contributed by atoms with Gasteiger partial charge in [-0.15, -0.1) is 0 Å². The number of rotatable bonds is 6. The van der Waals surface area contributed by atoms with Crippen molar-refractivity contribution >= 4 is 28.2 Å². The molecule has 1 atom stereocenters. The number of aromatic amines is 1. The van der Waals surface area contributed by atoms with E-state index in [0.29, 0.717) is 34.2 Å². The molecule has 0 bridgehead atoms. The van der Waals surface area contributed by atoms with E-state index < -0.39 is 0 Å². The minimum Gasteiger partial charge on any atom is -0.454 e. The average Bonchev–Trinajstić information content (AvgIpc) is 3.31. The maximum atomic E-state index is 13.5. The summed E-state index contributed by atoms with van der Waals surface area (Å²) in [5.41, 5.74) is 2.99. The van der Waals surface area contributed by atoms with Gasteiger partial charge in [0, 0.05) is 23.6 Å². The Kier molecular flexibility index (Phi) is 6.37. The summed E-state index contributed by atoms with van der Waals surface area (Å²) in [6.07, 6.45) is 0. The van der Waals surface area contributed by atoms with Gasteiger partial charge in [-0.05, 0) is 54.5 Å². The number of pyridine rings is 1. The fraction of sp³-hybridized carbons (Fsp3) is 0.185. The summed E-state index contributed by atoms with van der Waals surface area (Å²) in [5.74, 6) is 0.954. The van der Waals surface area contributed by atoms with Crippen LogP contribution in [-0.4, -0.2) is 21.8 Å². The van der Waals surface area contributed by atoms with Crippen molar-refractivity contribution in [3.8, 4) is 11.5 Å². The van der Waals surface area contributed by atoms with E-state index in [9.17, 15) is 9.18 Å². The summed E-state index contributed by atoms with van der Waals surface area (Å²) in [4.78, 5) is 17.8. The van der Waals surface area contributed by atoms with Crippen LogP contribution in [0.1, 0.15) is 29.7 Å². The number of ether oxygens (including phenoxy) is 2. The van der Waals surface area contributed by atoms with Crippen LogP contribution in [0, 0.1) is 5.82 Å². The van der Waals surface area contributed by atoms with Crippen LogP contribution in [-0.2, 0) is 13.1 Å². The first-order valence-corrected chi connectivity index (χ1v) is 11.7. The number of thiocarbonyl (C=S) groups is 1. The highest BCUT2D eigenvalue weighted by Gasteiger charge is 2.19. The van der Waals surface area contributed by atoms with Gasteiger partial charge in [0.2, 0.25) is 6.79 Å². The van der Waals surface area contributed by atoms with E-state index in [2.05, 4.69) is 10.3 Å². The highest BCUT2D eigenvalue weighted by Crippen LogP contribution is 2.35. The normalized spacial score (nSPS) is 13.0. The fourth-order valence-corrected chi connectivity index (χ4v) is 4.38. The van der Waals surface area contributed by atoms with E-state index in [1.54, 1.807) is 18.2 Å². The van der Waals surface area contributed by atoms with Crippen LogP contribution >= 0.6 is 12.2 Å². The van der Waals surface area contributed by atoms with E-state index in [0.717, 1.165) is 16.5 Å². The molecule has 1 aliphatic heterocycles. The maximum absolute atomic E-state index is 13.5. The smallest absolute Gasteiger partial charge is 0.253 e. The van der Waals surface area contributed by atoms with E-state index in [1.165, 1.54) is 12.1 Å². The van der Waals surface area contributed by atoms with Gasteiger partial charge in [0.05, 0.1) is 18.1 Å². The van der Waals surface area contributed by atoms with Gasteiger partial charge in [-0.25, -0.2) is 4.39 Å². The largest absolute Gasteiger partial charge is 0.454 e. The molecule has 4 aromatic rings. The SMILES string of the molecule is C[C@@H](NC(=S)N(Cc1ccc(F)cc1)Cc1cc2cc3c(cc2[nH]c1=O)OCO3)c1ccccc1. The summed E-state index contributed by atoms with van der Waals surface area (Å²) >= 11 is 5.77. The van der Waals surface area contributed by atoms with Crippen molar-refractivity contribution in [1.29, 1.82) is 0 Å². The van der Waals surface area contributed by atoms with Crippen molar-refractivity contribution in [1.82, 2.24) is 15.2 Å². The van der Waals surface area contributed by atoms with Gasteiger partial charge >= 0.3 is 0 Å². The molecule has 0 fully saturated rings. The molecule has 0 saturated heterocycles. The van der Waals surface area contributed by atoms with Gasteiger partial charge in [-0.2, -0.15) is 0 Å². The number of nitrogens with one attached hydrogen (secondary N) is 2. The van der Waals surface area contributed by atoms with Crippen LogP contribution in [0.2, 0.25) is 0 Å². The summed E-state index contributed by atoms with van der Waals surface area (Å²) in [6, 6.07) is 21.7. The first-order valence-electron chi connectivity index (χ1n) is 11.3. The summed E-state index contributed by atoms with van der Waals surface area (Å²) < 4.78 is 24.4. The summed E-state index contributed by atoms with van der Waals surface area (Å²) in [7, 11) is 0. The maximum Gasteiger partial charge on any atom is 0.253 e. The van der Waals surface area contributed by atoms with Crippen LogP contribution in [0.3, 0.4) is 0 Å². The average molecular weight is 490 g/mol. The molecule has 0 aliphatic carbocycles. The molecule has 0 amide bonds. The van der Waals surface area contributed by atoms with Crippen molar-refractivity contribution in [3.63, 3.8) is 0 Å². The number of hydrogen-bond acceptors (Lipinski definition) is 4. The van der Waals surface area contributed by atoms with Crippen LogP contribution in [0.4, 0.5) is 4.39 Å². The second kappa shape index (κ2) is 9.76. The van der Waals surface area contributed by atoms with E-state index in [-0.39, 0.29) is 30.8 Å². The van der Waals surface area contributed by atoms with Crippen molar-refractivity contribution in [3.05, 3.63) is 106 Å². The van der Waals surface area contributed by atoms with Crippen molar-refractivity contribution in [2.24, 2.45) is 0 Å². The third kappa shape index (κ3) is 5.12. The molecule has 35 heavy (non-hydrogen) atoms. The molecule has 6 nitrogen and oxygen atoms in total. The molecule has 1 aromatic heterocycles. The predicted molar refractivity (Wildman–Crippen MR) is 137 cm³/mol. The first kappa shape index (κ1) is 22.9. The third-order valence-corrected chi connectivity index (χ3v) is 6.37. The third-order valence-electron chi connectivity index (χ3n) is 5.99. The zero-order valence-electron chi connectivity index (χ0n) is 19.1. The van der Waals surface area contributed by atoms with E-state index >= 15 is 0 Å². The summed E-state index contributed by atoms with van der Waals surface area (Å²) in [5, 5.41) is 4.70. The van der Waals surface area contributed by atoms with E-state index in [4.69, 9.17) is 21.7 Å². The van der Waals surface area contributed by atoms with Crippen LogP contribution in [0.5, 0.6) is 11.5 Å². The topological polar surface area (TPSA) is 66.6 Å². The van der Waals surface area contributed by atoms with Crippen molar-refractivity contribution in [2.75, 3.05) is 6.79 Å². The van der Waals surface area contributed by atoms with Crippen molar-refractivity contribution < 1.29 is 13.9 Å². The Labute approximate surface area is 207 Å². The Balaban J connectivity index is 1.44.